The van der Waals surface area contributed by atoms with Crippen molar-refractivity contribution in [3.8, 4) is 0 Å². The first kappa shape index (κ1) is 17.1. The molecule has 0 saturated carbocycles. The van der Waals surface area contributed by atoms with Gasteiger partial charge < -0.3 is 15.0 Å². The van der Waals surface area contributed by atoms with Crippen LogP contribution in [0.15, 0.2) is 16.9 Å². The van der Waals surface area contributed by atoms with Crippen molar-refractivity contribution in [2.45, 2.75) is 52.2 Å². The van der Waals surface area contributed by atoms with E-state index in [4.69, 9.17) is 4.74 Å². The van der Waals surface area contributed by atoms with Crippen molar-refractivity contribution >= 4 is 27.7 Å². The molecule has 122 valence electrons. The van der Waals surface area contributed by atoms with Gasteiger partial charge in [0.05, 0.1) is 11.9 Å². The number of aryl methyl sites for hydroxylation is 1. The third-order valence-corrected chi connectivity index (χ3v) is 4.29. The number of rotatable bonds is 2. The molecule has 1 aromatic heterocycles. The number of halogens is 1. The van der Waals surface area contributed by atoms with Gasteiger partial charge in [-0.25, -0.2) is 9.78 Å². The van der Waals surface area contributed by atoms with E-state index in [9.17, 15) is 4.79 Å². The highest BCUT2D eigenvalue weighted by Crippen LogP contribution is 2.21. The molecule has 1 aliphatic heterocycles. The van der Waals surface area contributed by atoms with Crippen molar-refractivity contribution in [1.29, 1.82) is 0 Å². The number of hydrogen-bond acceptors (Lipinski definition) is 4. The maximum absolute atomic E-state index is 12.2. The molecule has 2 heterocycles. The second kappa shape index (κ2) is 6.86. The number of anilines is 1. The molecule has 1 atom stereocenters. The van der Waals surface area contributed by atoms with E-state index in [1.54, 1.807) is 4.90 Å². The van der Waals surface area contributed by atoms with Crippen molar-refractivity contribution in [2.24, 2.45) is 0 Å². The quantitative estimate of drug-likeness (QED) is 0.801. The van der Waals surface area contributed by atoms with Gasteiger partial charge in [-0.15, -0.1) is 0 Å². The lowest BCUT2D eigenvalue weighted by Crippen LogP contribution is -2.47. The largest absolute Gasteiger partial charge is 0.444 e. The molecule has 0 bridgehead atoms. The van der Waals surface area contributed by atoms with E-state index in [2.05, 4.69) is 32.3 Å². The minimum absolute atomic E-state index is 0.226. The molecule has 22 heavy (non-hydrogen) atoms. The monoisotopic (exact) mass is 369 g/mol. The molecular formula is C16H24BrN3O2. The first-order valence-corrected chi connectivity index (χ1v) is 8.40. The van der Waals surface area contributed by atoms with Crippen molar-refractivity contribution < 1.29 is 9.53 Å². The maximum atomic E-state index is 12.2. The highest BCUT2D eigenvalue weighted by molar-refractivity contribution is 9.10. The number of amides is 1. The Labute approximate surface area is 140 Å². The highest BCUT2D eigenvalue weighted by atomic mass is 79.9. The van der Waals surface area contributed by atoms with E-state index in [1.165, 1.54) is 0 Å². The normalized spacial score (nSPS) is 19.0. The molecule has 6 heteroatoms. The molecule has 1 unspecified atom stereocenters. The van der Waals surface area contributed by atoms with Crippen LogP contribution in [0, 0.1) is 6.92 Å². The van der Waals surface area contributed by atoms with Crippen molar-refractivity contribution in [1.82, 2.24) is 9.88 Å². The van der Waals surface area contributed by atoms with Crippen LogP contribution >= 0.6 is 15.9 Å². The number of piperidine rings is 1. The Kier molecular flexibility index (Phi) is 5.32. The van der Waals surface area contributed by atoms with Crippen LogP contribution in [0.25, 0.3) is 0 Å². The van der Waals surface area contributed by atoms with E-state index in [1.807, 2.05) is 33.9 Å². The fraction of sp³-hybridized carbons (Fsp3) is 0.625. The van der Waals surface area contributed by atoms with Crippen LogP contribution < -0.4 is 5.32 Å². The van der Waals surface area contributed by atoms with Gasteiger partial charge in [0.15, 0.2) is 0 Å². The minimum atomic E-state index is -0.454. The Hall–Kier alpha value is -1.30. The summed E-state index contributed by atoms with van der Waals surface area (Å²) in [5.74, 6) is 0. The second-order valence-electron chi connectivity index (χ2n) is 6.74. The van der Waals surface area contributed by atoms with Crippen molar-refractivity contribution in [3.63, 3.8) is 0 Å². The number of aromatic nitrogens is 1. The van der Waals surface area contributed by atoms with Crippen molar-refractivity contribution in [3.05, 3.63) is 22.4 Å². The molecule has 1 aliphatic rings. The summed E-state index contributed by atoms with van der Waals surface area (Å²) in [6.07, 6.45) is 3.58. The van der Waals surface area contributed by atoms with Gasteiger partial charge in [-0.1, -0.05) is 0 Å². The molecule has 1 fully saturated rings. The van der Waals surface area contributed by atoms with E-state index in [0.717, 1.165) is 35.2 Å². The zero-order valence-electron chi connectivity index (χ0n) is 13.6. The van der Waals surface area contributed by atoms with Crippen LogP contribution in [0.4, 0.5) is 10.5 Å². The van der Waals surface area contributed by atoms with Crippen LogP contribution in [0.1, 0.15) is 39.2 Å². The molecule has 5 nitrogen and oxygen atoms in total. The summed E-state index contributed by atoms with van der Waals surface area (Å²) in [7, 11) is 0. The zero-order valence-corrected chi connectivity index (χ0v) is 15.2. The molecule has 1 N–H and O–H groups in total. The number of nitrogens with zero attached hydrogens (tertiary/aromatic N) is 2. The average molecular weight is 370 g/mol. The summed E-state index contributed by atoms with van der Waals surface area (Å²) in [4.78, 5) is 18.2. The van der Waals surface area contributed by atoms with Gasteiger partial charge in [-0.05, 0) is 68.1 Å². The summed E-state index contributed by atoms with van der Waals surface area (Å²) in [6.45, 7) is 9.09. The summed E-state index contributed by atoms with van der Waals surface area (Å²) in [6, 6.07) is 2.28. The lowest BCUT2D eigenvalue weighted by atomic mass is 10.1. The SMILES string of the molecule is Cc1cc(NC2CCCN(C(=O)OC(C)(C)C)C2)cnc1Br. The fourth-order valence-electron chi connectivity index (χ4n) is 2.46. The zero-order chi connectivity index (χ0) is 16.3. The number of pyridine rings is 1. The van der Waals surface area contributed by atoms with Crippen LogP contribution in [-0.2, 0) is 4.74 Å². The molecule has 1 saturated heterocycles. The van der Waals surface area contributed by atoms with Crippen LogP contribution in [0.3, 0.4) is 0 Å². The third kappa shape index (κ3) is 4.87. The minimum Gasteiger partial charge on any atom is -0.444 e. The number of carbonyl (C=O) groups excluding carboxylic acids is 1. The summed E-state index contributed by atoms with van der Waals surface area (Å²) in [5.41, 5.74) is 1.62. The standard InChI is InChI=1S/C16H24BrN3O2/c1-11-8-13(9-18-14(11)17)19-12-6-5-7-20(10-12)15(21)22-16(2,3)4/h8-9,12,19H,5-7,10H2,1-4H3. The lowest BCUT2D eigenvalue weighted by molar-refractivity contribution is 0.0206. The molecular weight excluding hydrogens is 346 g/mol. The van der Waals surface area contributed by atoms with E-state index in [0.29, 0.717) is 6.54 Å². The Morgan fingerprint density at radius 3 is 2.86 bits per heavy atom. The van der Waals surface area contributed by atoms with Gasteiger partial charge in [-0.3, -0.25) is 0 Å². The smallest absolute Gasteiger partial charge is 0.410 e. The van der Waals surface area contributed by atoms with E-state index < -0.39 is 5.60 Å². The summed E-state index contributed by atoms with van der Waals surface area (Å²) >= 11 is 3.40. The molecule has 0 aromatic carbocycles. The Bertz CT molecular complexity index is 543. The average Bonchev–Trinajstić information content (AvgIpc) is 2.41. The first-order chi connectivity index (χ1) is 10.2. The predicted molar refractivity (Wildman–Crippen MR) is 91.1 cm³/mol. The van der Waals surface area contributed by atoms with Crippen molar-refractivity contribution in [2.75, 3.05) is 18.4 Å². The van der Waals surface area contributed by atoms with Gasteiger partial charge in [0.2, 0.25) is 0 Å². The third-order valence-electron chi connectivity index (χ3n) is 3.46. The summed E-state index contributed by atoms with van der Waals surface area (Å²) in [5, 5.41) is 3.46. The number of carbonyl (C=O) groups is 1. The predicted octanol–water partition coefficient (Wildman–Crippen LogP) is 3.96. The molecule has 0 radical (unpaired) electrons. The number of hydrogen-bond donors (Lipinski definition) is 1. The first-order valence-electron chi connectivity index (χ1n) is 7.61. The second-order valence-corrected chi connectivity index (χ2v) is 7.49. The number of ether oxygens (including phenoxy) is 1. The van der Waals surface area contributed by atoms with Gasteiger partial charge >= 0.3 is 6.09 Å². The Morgan fingerprint density at radius 2 is 2.23 bits per heavy atom. The molecule has 0 spiro atoms. The maximum Gasteiger partial charge on any atom is 0.410 e. The fourth-order valence-corrected chi connectivity index (χ4v) is 2.68. The van der Waals surface area contributed by atoms with Gasteiger partial charge in [0.25, 0.3) is 0 Å². The van der Waals surface area contributed by atoms with E-state index >= 15 is 0 Å². The highest BCUT2D eigenvalue weighted by Gasteiger charge is 2.27. The van der Waals surface area contributed by atoms with E-state index in [-0.39, 0.29) is 12.1 Å². The topological polar surface area (TPSA) is 54.5 Å². The molecule has 1 aromatic rings. The molecule has 2 rings (SSSR count). The van der Waals surface area contributed by atoms with Gasteiger partial charge in [0, 0.05) is 19.1 Å². The number of likely N-dealkylation sites (tertiary alicyclic amines) is 1. The van der Waals surface area contributed by atoms with Crippen LogP contribution in [0.2, 0.25) is 0 Å². The Morgan fingerprint density at radius 1 is 1.50 bits per heavy atom. The van der Waals surface area contributed by atoms with Crippen LogP contribution in [0.5, 0.6) is 0 Å². The summed E-state index contributed by atoms with van der Waals surface area (Å²) < 4.78 is 6.31. The van der Waals surface area contributed by atoms with Gasteiger partial charge in [-0.2, -0.15) is 0 Å². The van der Waals surface area contributed by atoms with Crippen LogP contribution in [-0.4, -0.2) is 40.7 Å². The van der Waals surface area contributed by atoms with Gasteiger partial charge in [0.1, 0.15) is 10.2 Å². The molecule has 0 aliphatic carbocycles. The number of nitrogens with one attached hydrogen (secondary N) is 1. The lowest BCUT2D eigenvalue weighted by Gasteiger charge is -2.34. The Balaban J connectivity index is 1.95. The molecule has 1 amide bonds.